The number of para-hydroxylation sites is 1. The Hall–Kier alpha value is -3.85. The number of imidazole rings is 1. The molecule has 168 valence electrons. The lowest BCUT2D eigenvalue weighted by Crippen LogP contribution is -2.32. The van der Waals surface area contributed by atoms with Crippen molar-refractivity contribution in [1.29, 1.82) is 0 Å². The van der Waals surface area contributed by atoms with Gasteiger partial charge in [0.1, 0.15) is 29.2 Å². The Kier molecular flexibility index (Phi) is 5.47. The van der Waals surface area contributed by atoms with Crippen LogP contribution in [0, 0.1) is 0 Å². The maximum absolute atomic E-state index is 13.6. The summed E-state index contributed by atoms with van der Waals surface area (Å²) in [5, 5.41) is 0. The molecular formula is C23H21ClN6O3. The van der Waals surface area contributed by atoms with Gasteiger partial charge in [-0.05, 0) is 42.8 Å². The lowest BCUT2D eigenvalue weighted by molar-refractivity contribution is -0.127. The molecule has 0 aliphatic carbocycles. The maximum Gasteiger partial charge on any atom is 0.335 e. The number of nitrogens with zero attached hydrogens (tertiary/aromatic N) is 5. The van der Waals surface area contributed by atoms with Crippen LogP contribution in [0.3, 0.4) is 0 Å². The lowest BCUT2D eigenvalue weighted by atomic mass is 10.2. The molecule has 9 nitrogen and oxygen atoms in total. The van der Waals surface area contributed by atoms with Crippen LogP contribution in [0.4, 0.5) is 5.82 Å². The first-order chi connectivity index (χ1) is 16.1. The van der Waals surface area contributed by atoms with Crippen molar-refractivity contribution in [1.82, 2.24) is 24.0 Å². The molecule has 0 spiro atoms. The Morgan fingerprint density at radius 3 is 2.55 bits per heavy atom. The zero-order valence-electron chi connectivity index (χ0n) is 17.6. The number of nitrogens with two attached hydrogens (primary N) is 1. The van der Waals surface area contributed by atoms with Crippen LogP contribution in [-0.4, -0.2) is 48.9 Å². The van der Waals surface area contributed by atoms with Gasteiger partial charge in [0.05, 0.1) is 11.7 Å². The molecule has 2 aromatic carbocycles. The molecule has 1 fully saturated rings. The molecule has 4 aromatic rings. The van der Waals surface area contributed by atoms with Gasteiger partial charge in [0, 0.05) is 13.1 Å². The number of ether oxygens (including phenoxy) is 1. The minimum absolute atomic E-state index is 0.0874. The molecule has 1 saturated heterocycles. The number of amides is 1. The van der Waals surface area contributed by atoms with Crippen LogP contribution in [-0.2, 0) is 4.79 Å². The number of benzene rings is 2. The first-order valence-corrected chi connectivity index (χ1v) is 11.0. The Labute approximate surface area is 194 Å². The van der Waals surface area contributed by atoms with Gasteiger partial charge in [-0.3, -0.25) is 13.9 Å². The molecule has 1 aliphatic rings. The van der Waals surface area contributed by atoms with Crippen LogP contribution in [0.15, 0.2) is 65.7 Å². The van der Waals surface area contributed by atoms with Crippen molar-refractivity contribution < 1.29 is 9.53 Å². The quantitative estimate of drug-likeness (QED) is 0.455. The van der Waals surface area contributed by atoms with Crippen LogP contribution < -0.4 is 16.2 Å². The first-order valence-electron chi connectivity index (χ1n) is 10.5. The number of fused-ring (bicyclic) bond motifs is 1. The Bertz CT molecular complexity index is 1370. The van der Waals surface area contributed by atoms with Crippen molar-refractivity contribution in [3.05, 3.63) is 71.4 Å². The summed E-state index contributed by atoms with van der Waals surface area (Å²) in [4.78, 5) is 35.7. The summed E-state index contributed by atoms with van der Waals surface area (Å²) < 4.78 is 8.96. The fourth-order valence-corrected chi connectivity index (χ4v) is 4.36. The van der Waals surface area contributed by atoms with Crippen LogP contribution in [0.25, 0.3) is 16.9 Å². The lowest BCUT2D eigenvalue weighted by Gasteiger charge is -2.15. The third kappa shape index (κ3) is 3.80. The van der Waals surface area contributed by atoms with E-state index in [2.05, 4.69) is 9.97 Å². The van der Waals surface area contributed by atoms with Gasteiger partial charge in [-0.25, -0.2) is 14.8 Å². The Balaban J connectivity index is 1.55. The maximum atomic E-state index is 13.6. The monoisotopic (exact) mass is 464 g/mol. The largest absolute Gasteiger partial charge is 0.457 e. The Morgan fingerprint density at radius 2 is 1.82 bits per heavy atom. The summed E-state index contributed by atoms with van der Waals surface area (Å²) in [5.41, 5.74) is 7.35. The number of anilines is 1. The number of hydrogen-bond acceptors (Lipinski definition) is 6. The minimum atomic E-state index is -0.292. The second kappa shape index (κ2) is 8.59. The molecule has 5 rings (SSSR count). The first kappa shape index (κ1) is 21.0. The molecule has 2 N–H and O–H groups in total. The highest BCUT2D eigenvalue weighted by Gasteiger charge is 2.31. The molecule has 0 bridgehead atoms. The molecule has 2 aromatic heterocycles. The number of halogens is 1. The van der Waals surface area contributed by atoms with E-state index in [1.54, 1.807) is 33.7 Å². The number of nitrogen functional groups attached to an aromatic ring is 1. The third-order valence-electron chi connectivity index (χ3n) is 5.75. The van der Waals surface area contributed by atoms with Crippen molar-refractivity contribution in [3.8, 4) is 17.2 Å². The number of carbonyl (C=O) groups excluding carboxylic acids is 1. The molecule has 1 atom stereocenters. The van der Waals surface area contributed by atoms with Gasteiger partial charge in [0.2, 0.25) is 5.91 Å². The molecule has 0 radical (unpaired) electrons. The normalized spacial score (nSPS) is 15.8. The zero-order chi connectivity index (χ0) is 22.9. The van der Waals surface area contributed by atoms with Crippen molar-refractivity contribution in [2.24, 2.45) is 0 Å². The molecule has 0 saturated carbocycles. The summed E-state index contributed by atoms with van der Waals surface area (Å²) in [6, 6.07) is 16.3. The average molecular weight is 465 g/mol. The van der Waals surface area contributed by atoms with Gasteiger partial charge in [0.25, 0.3) is 0 Å². The van der Waals surface area contributed by atoms with E-state index in [0.29, 0.717) is 47.9 Å². The SMILES string of the molecule is Nc1ncnc2c1n(-c1ccc(Oc3ccccc3)cc1)c(=O)n2[C@@H]1CCN(C(=O)CCl)C1. The van der Waals surface area contributed by atoms with E-state index in [1.807, 2.05) is 30.3 Å². The highest BCUT2D eigenvalue weighted by Crippen LogP contribution is 2.28. The van der Waals surface area contributed by atoms with Gasteiger partial charge in [-0.1, -0.05) is 18.2 Å². The van der Waals surface area contributed by atoms with E-state index < -0.39 is 0 Å². The molecular weight excluding hydrogens is 444 g/mol. The standard InChI is InChI=1S/C23H21ClN6O3/c24-12-19(31)28-11-10-16(13-28)30-22-20(21(25)26-14-27-22)29(23(30)32)15-6-8-18(9-7-15)33-17-4-2-1-3-5-17/h1-9,14,16H,10-13H2,(H2,25,26,27)/t16-/m1/s1. The average Bonchev–Trinajstić information content (AvgIpc) is 3.43. The second-order valence-corrected chi connectivity index (χ2v) is 8.01. The van der Waals surface area contributed by atoms with Crippen LogP contribution >= 0.6 is 11.6 Å². The predicted octanol–water partition coefficient (Wildman–Crippen LogP) is 2.97. The van der Waals surface area contributed by atoms with E-state index in [0.717, 1.165) is 0 Å². The summed E-state index contributed by atoms with van der Waals surface area (Å²) >= 11 is 5.71. The van der Waals surface area contributed by atoms with Crippen molar-refractivity contribution in [2.45, 2.75) is 12.5 Å². The smallest absolute Gasteiger partial charge is 0.335 e. The summed E-state index contributed by atoms with van der Waals surface area (Å²) in [6.07, 6.45) is 1.96. The minimum Gasteiger partial charge on any atom is -0.457 e. The molecule has 33 heavy (non-hydrogen) atoms. The number of aromatic nitrogens is 4. The predicted molar refractivity (Wildman–Crippen MR) is 125 cm³/mol. The van der Waals surface area contributed by atoms with Crippen LogP contribution in [0.2, 0.25) is 0 Å². The fourth-order valence-electron chi connectivity index (χ4n) is 4.19. The highest BCUT2D eigenvalue weighted by molar-refractivity contribution is 6.27. The van der Waals surface area contributed by atoms with Crippen molar-refractivity contribution in [3.63, 3.8) is 0 Å². The number of carbonyl (C=O) groups is 1. The molecule has 1 aliphatic heterocycles. The van der Waals surface area contributed by atoms with E-state index in [-0.39, 0.29) is 29.3 Å². The molecule has 3 heterocycles. The molecule has 0 unspecified atom stereocenters. The third-order valence-corrected chi connectivity index (χ3v) is 5.98. The van der Waals surface area contributed by atoms with Gasteiger partial charge in [-0.2, -0.15) is 0 Å². The summed E-state index contributed by atoms with van der Waals surface area (Å²) in [5.74, 6) is 1.31. The van der Waals surface area contributed by atoms with E-state index >= 15 is 0 Å². The van der Waals surface area contributed by atoms with Crippen LogP contribution in [0.5, 0.6) is 11.5 Å². The number of rotatable bonds is 5. The molecule has 10 heteroatoms. The van der Waals surface area contributed by atoms with Gasteiger partial charge >= 0.3 is 5.69 Å². The van der Waals surface area contributed by atoms with Crippen molar-refractivity contribution >= 4 is 34.5 Å². The number of hydrogen-bond donors (Lipinski definition) is 1. The van der Waals surface area contributed by atoms with E-state index in [4.69, 9.17) is 22.1 Å². The number of alkyl halides is 1. The number of likely N-dealkylation sites (tertiary alicyclic amines) is 1. The summed E-state index contributed by atoms with van der Waals surface area (Å²) in [6.45, 7) is 0.916. The van der Waals surface area contributed by atoms with Gasteiger partial charge < -0.3 is 15.4 Å². The second-order valence-electron chi connectivity index (χ2n) is 7.74. The van der Waals surface area contributed by atoms with E-state index in [1.165, 1.54) is 10.9 Å². The van der Waals surface area contributed by atoms with Gasteiger partial charge in [0.15, 0.2) is 11.5 Å². The highest BCUT2D eigenvalue weighted by atomic mass is 35.5. The zero-order valence-corrected chi connectivity index (χ0v) is 18.4. The van der Waals surface area contributed by atoms with Crippen LogP contribution in [0.1, 0.15) is 12.5 Å². The summed E-state index contributed by atoms with van der Waals surface area (Å²) in [7, 11) is 0. The van der Waals surface area contributed by atoms with Gasteiger partial charge in [-0.15, -0.1) is 11.6 Å². The Morgan fingerprint density at radius 1 is 1.09 bits per heavy atom. The topological polar surface area (TPSA) is 108 Å². The molecule has 1 amide bonds. The fraction of sp³-hybridized carbons (Fsp3) is 0.217. The van der Waals surface area contributed by atoms with Crippen molar-refractivity contribution in [2.75, 3.05) is 24.7 Å². The van der Waals surface area contributed by atoms with E-state index in [9.17, 15) is 9.59 Å².